The summed E-state index contributed by atoms with van der Waals surface area (Å²) in [6.45, 7) is 1.45. The van der Waals surface area contributed by atoms with Crippen molar-refractivity contribution in [2.75, 3.05) is 0 Å². The number of carbonyl (C=O) groups excluding carboxylic acids is 2. The number of rotatable bonds is 2. The number of nitriles is 2. The van der Waals surface area contributed by atoms with Crippen molar-refractivity contribution in [1.29, 1.82) is 10.5 Å². The molecule has 0 radical (unpaired) electrons. The lowest BCUT2D eigenvalue weighted by Crippen LogP contribution is -2.39. The molecule has 0 aliphatic rings. The molecule has 0 aromatic carbocycles. The van der Waals surface area contributed by atoms with Gasteiger partial charge >= 0.3 is 6.03 Å². The molecule has 0 spiro atoms. The van der Waals surface area contributed by atoms with Gasteiger partial charge < -0.3 is 10.3 Å². The summed E-state index contributed by atoms with van der Waals surface area (Å²) in [4.78, 5) is 25.6. The van der Waals surface area contributed by atoms with Gasteiger partial charge in [-0.15, -0.1) is 0 Å². The van der Waals surface area contributed by atoms with Crippen LogP contribution in [0, 0.1) is 22.7 Å². The number of nitrogens with two attached hydrogens (primary N) is 1. The number of aromatic nitrogens is 2. The van der Waals surface area contributed by atoms with Gasteiger partial charge in [-0.05, 0) is 6.92 Å². The van der Waals surface area contributed by atoms with Gasteiger partial charge in [-0.25, -0.2) is 9.78 Å². The van der Waals surface area contributed by atoms with E-state index in [1.54, 1.807) is 12.1 Å². The van der Waals surface area contributed by atoms with Crippen LogP contribution in [0.15, 0.2) is 6.33 Å². The molecule has 0 saturated heterocycles. The average molecular weight is 232 g/mol. The van der Waals surface area contributed by atoms with Gasteiger partial charge in [0.1, 0.15) is 18.2 Å². The highest BCUT2D eigenvalue weighted by molar-refractivity contribution is 5.95. The maximum atomic E-state index is 11.5. The van der Waals surface area contributed by atoms with Crippen molar-refractivity contribution in [3.05, 3.63) is 17.7 Å². The Bertz CT molecular complexity index is 547. The van der Waals surface area contributed by atoms with E-state index >= 15 is 0 Å². The number of hydrogen-bond donors (Lipinski definition) is 2. The number of imidazole rings is 1. The Morgan fingerprint density at radius 3 is 2.65 bits per heavy atom. The van der Waals surface area contributed by atoms with Crippen LogP contribution in [-0.4, -0.2) is 21.5 Å². The molecule has 0 bridgehead atoms. The molecule has 0 saturated carbocycles. The zero-order chi connectivity index (χ0) is 13.0. The summed E-state index contributed by atoms with van der Waals surface area (Å²) in [5.74, 6) is -0.684. The number of nitrogens with one attached hydrogen (secondary N) is 1. The van der Waals surface area contributed by atoms with E-state index in [0.717, 1.165) is 0 Å². The van der Waals surface area contributed by atoms with Crippen LogP contribution in [-0.2, 0) is 4.79 Å². The van der Waals surface area contributed by atoms with Crippen molar-refractivity contribution in [2.45, 2.75) is 13.0 Å². The van der Waals surface area contributed by atoms with E-state index in [4.69, 9.17) is 16.3 Å². The first kappa shape index (κ1) is 12.2. The molecule has 86 valence electrons. The zero-order valence-corrected chi connectivity index (χ0v) is 8.84. The van der Waals surface area contributed by atoms with Crippen LogP contribution in [0.1, 0.15) is 24.4 Å². The predicted molar refractivity (Wildman–Crippen MR) is 54.1 cm³/mol. The van der Waals surface area contributed by atoms with Crippen LogP contribution in [0.25, 0.3) is 0 Å². The minimum Gasteiger partial charge on any atom is -0.351 e. The van der Waals surface area contributed by atoms with Gasteiger partial charge in [-0.2, -0.15) is 10.5 Å². The monoisotopic (exact) mass is 232 g/mol. The smallest absolute Gasteiger partial charge is 0.318 e. The van der Waals surface area contributed by atoms with Crippen LogP contribution in [0.4, 0.5) is 4.79 Å². The van der Waals surface area contributed by atoms with E-state index in [1.807, 2.05) is 5.32 Å². The molecule has 0 aliphatic carbocycles. The lowest BCUT2D eigenvalue weighted by Gasteiger charge is -2.12. The van der Waals surface area contributed by atoms with Crippen LogP contribution in [0.3, 0.4) is 0 Å². The van der Waals surface area contributed by atoms with Crippen molar-refractivity contribution < 1.29 is 9.59 Å². The van der Waals surface area contributed by atoms with Gasteiger partial charge in [-0.3, -0.25) is 10.1 Å². The summed E-state index contributed by atoms with van der Waals surface area (Å²) < 4.78 is 1.19. The van der Waals surface area contributed by atoms with Crippen LogP contribution in [0.5, 0.6) is 0 Å². The third-order valence-corrected chi connectivity index (χ3v) is 2.05. The van der Waals surface area contributed by atoms with Gasteiger partial charge in [0.15, 0.2) is 11.4 Å². The molecule has 17 heavy (non-hydrogen) atoms. The van der Waals surface area contributed by atoms with Gasteiger partial charge in [0.2, 0.25) is 0 Å². The minimum atomic E-state index is -0.985. The Hall–Kier alpha value is -2.87. The Morgan fingerprint density at radius 2 is 2.18 bits per heavy atom. The Balaban J connectivity index is 3.06. The van der Waals surface area contributed by atoms with Crippen molar-refractivity contribution >= 4 is 11.9 Å². The largest absolute Gasteiger partial charge is 0.351 e. The third-order valence-electron chi connectivity index (χ3n) is 2.05. The highest BCUT2D eigenvalue weighted by Crippen LogP contribution is 2.12. The summed E-state index contributed by atoms with van der Waals surface area (Å²) in [6, 6.07) is 1.64. The first-order chi connectivity index (χ1) is 8.01. The maximum absolute atomic E-state index is 11.5. The summed E-state index contributed by atoms with van der Waals surface area (Å²) in [5, 5.41) is 19.4. The molecule has 1 unspecified atom stereocenters. The number of amides is 3. The Morgan fingerprint density at radius 1 is 1.53 bits per heavy atom. The van der Waals surface area contributed by atoms with Crippen LogP contribution < -0.4 is 11.1 Å². The zero-order valence-electron chi connectivity index (χ0n) is 8.84. The van der Waals surface area contributed by atoms with Crippen molar-refractivity contribution in [3.8, 4) is 12.1 Å². The molecule has 0 aliphatic heterocycles. The molecule has 1 heterocycles. The first-order valence-corrected chi connectivity index (χ1v) is 4.48. The second-order valence-corrected chi connectivity index (χ2v) is 3.10. The summed E-state index contributed by atoms with van der Waals surface area (Å²) >= 11 is 0. The molecule has 3 amide bonds. The van der Waals surface area contributed by atoms with Crippen molar-refractivity contribution in [1.82, 2.24) is 14.9 Å². The molecule has 1 aromatic heterocycles. The molecular formula is C9H8N6O2. The highest BCUT2D eigenvalue weighted by Gasteiger charge is 2.21. The minimum absolute atomic E-state index is 0.0420. The quantitative estimate of drug-likeness (QED) is 0.699. The Kier molecular flexibility index (Phi) is 3.42. The lowest BCUT2D eigenvalue weighted by molar-refractivity contribution is -0.122. The second-order valence-electron chi connectivity index (χ2n) is 3.10. The van der Waals surface area contributed by atoms with Gasteiger partial charge in [0, 0.05) is 0 Å². The number of imide groups is 1. The number of urea groups is 1. The number of nitrogens with zero attached hydrogens (tertiary/aromatic N) is 4. The fourth-order valence-corrected chi connectivity index (χ4v) is 1.20. The van der Waals surface area contributed by atoms with Crippen molar-refractivity contribution in [2.24, 2.45) is 5.73 Å². The average Bonchev–Trinajstić information content (AvgIpc) is 2.69. The number of hydrogen-bond acceptors (Lipinski definition) is 5. The summed E-state index contributed by atoms with van der Waals surface area (Å²) in [6.07, 6.45) is 1.18. The van der Waals surface area contributed by atoms with E-state index in [0.29, 0.717) is 0 Å². The molecule has 0 fully saturated rings. The topological polar surface area (TPSA) is 138 Å². The standard InChI is InChI=1S/C9H8N6O2/c1-5(8(16)14-9(12)17)15-4-13-6(2-10)7(15)3-11/h4-5H,1H3,(H3,12,14,16,17). The van der Waals surface area contributed by atoms with E-state index in [2.05, 4.69) is 4.98 Å². The van der Waals surface area contributed by atoms with E-state index in [1.165, 1.54) is 17.8 Å². The molecular weight excluding hydrogens is 224 g/mol. The lowest BCUT2D eigenvalue weighted by atomic mass is 10.2. The van der Waals surface area contributed by atoms with Crippen LogP contribution >= 0.6 is 0 Å². The van der Waals surface area contributed by atoms with Crippen LogP contribution in [0.2, 0.25) is 0 Å². The first-order valence-electron chi connectivity index (χ1n) is 4.48. The van der Waals surface area contributed by atoms with Crippen molar-refractivity contribution in [3.63, 3.8) is 0 Å². The molecule has 8 heteroatoms. The van der Waals surface area contributed by atoms with Gasteiger partial charge in [-0.1, -0.05) is 0 Å². The second kappa shape index (κ2) is 4.77. The summed E-state index contributed by atoms with van der Waals surface area (Å²) in [7, 11) is 0. The molecule has 1 aromatic rings. The maximum Gasteiger partial charge on any atom is 0.318 e. The number of carbonyl (C=O) groups is 2. The Labute approximate surface area is 96.3 Å². The van der Waals surface area contributed by atoms with E-state index in [9.17, 15) is 9.59 Å². The third kappa shape index (κ3) is 2.38. The highest BCUT2D eigenvalue weighted by atomic mass is 16.2. The fraction of sp³-hybridized carbons (Fsp3) is 0.222. The van der Waals surface area contributed by atoms with E-state index < -0.39 is 18.0 Å². The molecule has 1 atom stereocenters. The predicted octanol–water partition coefficient (Wildman–Crippen LogP) is -0.618. The number of primary amides is 1. The molecule has 1 rings (SSSR count). The molecule has 3 N–H and O–H groups in total. The van der Waals surface area contributed by atoms with Gasteiger partial charge in [0.25, 0.3) is 5.91 Å². The molecule has 8 nitrogen and oxygen atoms in total. The fourth-order valence-electron chi connectivity index (χ4n) is 1.20. The van der Waals surface area contributed by atoms with Gasteiger partial charge in [0.05, 0.1) is 6.33 Å². The summed E-state index contributed by atoms with van der Waals surface area (Å²) in [5.41, 5.74) is 4.68. The van der Waals surface area contributed by atoms with E-state index in [-0.39, 0.29) is 11.4 Å². The SMILES string of the molecule is CC(C(=O)NC(N)=O)n1cnc(C#N)c1C#N. The normalized spacial score (nSPS) is 11.0.